The van der Waals surface area contributed by atoms with E-state index in [1.54, 1.807) is 19.2 Å². The molecule has 6 heteroatoms. The lowest BCUT2D eigenvalue weighted by Crippen LogP contribution is -2.52. The van der Waals surface area contributed by atoms with Crippen molar-refractivity contribution < 1.29 is 19.1 Å². The average Bonchev–Trinajstić information content (AvgIpc) is 2.50. The molecule has 1 unspecified atom stereocenters. The van der Waals surface area contributed by atoms with E-state index in [1.807, 2.05) is 19.1 Å². The van der Waals surface area contributed by atoms with Crippen LogP contribution in [0.2, 0.25) is 0 Å². The minimum Gasteiger partial charge on any atom is -0.466 e. The summed E-state index contributed by atoms with van der Waals surface area (Å²) >= 11 is 0. The Kier molecular flexibility index (Phi) is 6.59. The maximum Gasteiger partial charge on any atom is 0.338 e. The predicted molar refractivity (Wildman–Crippen MR) is 84.1 cm³/mol. The Balaban J connectivity index is 3.53. The molecule has 0 bridgehead atoms. The van der Waals surface area contributed by atoms with Crippen molar-refractivity contribution in [2.45, 2.75) is 13.0 Å². The van der Waals surface area contributed by atoms with Crippen molar-refractivity contribution in [3.63, 3.8) is 0 Å². The minimum atomic E-state index is -0.569. The maximum atomic E-state index is 12.2. The number of ether oxygens (including phenoxy) is 2. The van der Waals surface area contributed by atoms with E-state index in [4.69, 9.17) is 9.47 Å². The highest BCUT2D eigenvalue weighted by molar-refractivity contribution is 5.96. The summed E-state index contributed by atoms with van der Waals surface area (Å²) in [5, 5.41) is 2.67. The predicted octanol–water partition coefficient (Wildman–Crippen LogP) is 1.77. The highest BCUT2D eigenvalue weighted by Gasteiger charge is 2.37. The summed E-state index contributed by atoms with van der Waals surface area (Å²) in [5.74, 6) is -0.511. The van der Waals surface area contributed by atoms with Gasteiger partial charge in [0.1, 0.15) is 0 Å². The molecule has 6 nitrogen and oxygen atoms in total. The summed E-state index contributed by atoms with van der Waals surface area (Å²) in [4.78, 5) is 25.8. The van der Waals surface area contributed by atoms with Gasteiger partial charge in [0.25, 0.3) is 0 Å². The Morgan fingerprint density at radius 1 is 1.45 bits per heavy atom. The first kappa shape index (κ1) is 17.7. The number of nitrogens with zero attached hydrogens (tertiary/aromatic N) is 1. The van der Waals surface area contributed by atoms with Crippen LogP contribution in [0, 0.1) is 0 Å². The number of nitrogens with one attached hydrogen (secondary N) is 1. The molecule has 0 radical (unpaired) electrons. The van der Waals surface area contributed by atoms with Crippen LogP contribution in [0.5, 0.6) is 0 Å². The molecule has 0 fully saturated rings. The van der Waals surface area contributed by atoms with E-state index in [0.29, 0.717) is 11.3 Å². The summed E-state index contributed by atoms with van der Waals surface area (Å²) in [6.07, 6.45) is 7.03. The van der Waals surface area contributed by atoms with Crippen molar-refractivity contribution in [3.8, 4) is 0 Å². The van der Waals surface area contributed by atoms with E-state index < -0.39 is 12.0 Å². The van der Waals surface area contributed by atoms with Gasteiger partial charge in [-0.25, -0.2) is 9.59 Å². The van der Waals surface area contributed by atoms with Gasteiger partial charge in [-0.1, -0.05) is 30.9 Å². The maximum absolute atomic E-state index is 12.2. The van der Waals surface area contributed by atoms with Crippen LogP contribution in [-0.2, 0) is 14.3 Å². The van der Waals surface area contributed by atoms with E-state index in [1.165, 1.54) is 19.1 Å². The van der Waals surface area contributed by atoms with Gasteiger partial charge in [-0.05, 0) is 12.5 Å². The summed E-state index contributed by atoms with van der Waals surface area (Å²) < 4.78 is 9.96. The van der Waals surface area contributed by atoms with Crippen LogP contribution in [0.3, 0.4) is 0 Å². The number of methoxy groups -OCH3 is 2. The monoisotopic (exact) mass is 306 g/mol. The highest BCUT2D eigenvalue weighted by atomic mass is 16.5. The topological polar surface area (TPSA) is 67.9 Å². The van der Waals surface area contributed by atoms with Crippen molar-refractivity contribution in [2.24, 2.45) is 0 Å². The summed E-state index contributed by atoms with van der Waals surface area (Å²) in [6, 6.07) is -0.885. The van der Waals surface area contributed by atoms with Gasteiger partial charge in [-0.15, -0.1) is 0 Å². The van der Waals surface area contributed by atoms with Crippen LogP contribution in [0.4, 0.5) is 4.79 Å². The second-order valence-corrected chi connectivity index (χ2v) is 4.66. The first-order valence-electron chi connectivity index (χ1n) is 6.81. The van der Waals surface area contributed by atoms with Crippen molar-refractivity contribution in [1.82, 2.24) is 10.2 Å². The third-order valence-corrected chi connectivity index (χ3v) is 3.24. The van der Waals surface area contributed by atoms with E-state index in [0.717, 1.165) is 5.57 Å². The van der Waals surface area contributed by atoms with Gasteiger partial charge in [-0.2, -0.15) is 0 Å². The van der Waals surface area contributed by atoms with Crippen LogP contribution in [-0.4, -0.2) is 50.8 Å². The van der Waals surface area contributed by atoms with Crippen LogP contribution in [0.15, 0.2) is 47.7 Å². The third kappa shape index (κ3) is 3.65. The van der Waals surface area contributed by atoms with Crippen LogP contribution >= 0.6 is 0 Å². The van der Waals surface area contributed by atoms with Gasteiger partial charge in [0.05, 0.1) is 31.0 Å². The molecular weight excluding hydrogens is 284 g/mol. The highest BCUT2D eigenvalue weighted by Crippen LogP contribution is 2.26. The first-order valence-corrected chi connectivity index (χ1v) is 6.81. The van der Waals surface area contributed by atoms with Gasteiger partial charge in [0.2, 0.25) is 0 Å². The molecule has 1 N–H and O–H groups in total. The number of esters is 1. The van der Waals surface area contributed by atoms with Crippen molar-refractivity contribution in [2.75, 3.05) is 27.9 Å². The van der Waals surface area contributed by atoms with Gasteiger partial charge >= 0.3 is 12.0 Å². The largest absolute Gasteiger partial charge is 0.466 e. The lowest BCUT2D eigenvalue weighted by atomic mass is 9.93. The molecule has 1 atom stereocenters. The lowest BCUT2D eigenvalue weighted by Gasteiger charge is -2.36. The lowest BCUT2D eigenvalue weighted by molar-refractivity contribution is -0.136. The molecule has 0 aromatic rings. The van der Waals surface area contributed by atoms with Gasteiger partial charge in [0.15, 0.2) is 0 Å². The van der Waals surface area contributed by atoms with Gasteiger partial charge < -0.3 is 19.7 Å². The molecule has 1 rings (SSSR count). The third-order valence-electron chi connectivity index (χ3n) is 3.24. The van der Waals surface area contributed by atoms with E-state index >= 15 is 0 Å². The van der Waals surface area contributed by atoms with Crippen molar-refractivity contribution in [1.29, 1.82) is 0 Å². The molecule has 1 aliphatic heterocycles. The Morgan fingerprint density at radius 3 is 2.64 bits per heavy atom. The number of likely N-dealkylation sites (N-methyl/N-ethyl adjacent to an activating group) is 1. The minimum absolute atomic E-state index is 0.109. The van der Waals surface area contributed by atoms with Crippen LogP contribution < -0.4 is 5.32 Å². The number of urea groups is 1. The van der Waals surface area contributed by atoms with Crippen molar-refractivity contribution >= 4 is 12.0 Å². The fourth-order valence-corrected chi connectivity index (χ4v) is 2.32. The number of hydrogen-bond donors (Lipinski definition) is 1. The van der Waals surface area contributed by atoms with E-state index in [2.05, 4.69) is 11.9 Å². The fraction of sp³-hybridized carbons (Fsp3) is 0.375. The smallest absolute Gasteiger partial charge is 0.338 e. The van der Waals surface area contributed by atoms with E-state index in [-0.39, 0.29) is 12.6 Å². The normalized spacial score (nSPS) is 19.5. The number of hydrogen-bond acceptors (Lipinski definition) is 4. The summed E-state index contributed by atoms with van der Waals surface area (Å²) in [6.45, 7) is 5.65. The number of rotatable bonds is 6. The molecule has 0 aromatic carbocycles. The number of amides is 2. The molecule has 120 valence electrons. The second-order valence-electron chi connectivity index (χ2n) is 4.66. The second kappa shape index (κ2) is 8.19. The molecule has 0 spiro atoms. The Hall–Kier alpha value is -2.34. The zero-order valence-electron chi connectivity index (χ0n) is 13.4. The SMILES string of the molecule is C=C/C=C(\C=C/C)C1C(C(=O)OC)=C(COC)NC(=O)N1C. The molecule has 0 saturated carbocycles. The van der Waals surface area contributed by atoms with Crippen molar-refractivity contribution in [3.05, 3.63) is 47.7 Å². The number of allylic oxidation sites excluding steroid dienone is 3. The number of carbonyl (C=O) groups excluding carboxylic acids is 2. The molecule has 2 amide bonds. The standard InChI is InChI=1S/C16H22N2O4/c1-6-8-11(9-7-2)14-13(15(19)22-5)12(10-21-4)17-16(20)18(14)3/h6-9,14H,1,10H2,2-5H3,(H,17,20)/b9-7-,11-8+. The molecule has 1 heterocycles. The van der Waals surface area contributed by atoms with Gasteiger partial charge in [-0.3, -0.25) is 0 Å². The Morgan fingerprint density at radius 2 is 2.14 bits per heavy atom. The van der Waals surface area contributed by atoms with Crippen LogP contribution in [0.25, 0.3) is 0 Å². The number of carbonyl (C=O) groups is 2. The molecule has 0 aromatic heterocycles. The molecular formula is C16H22N2O4. The molecule has 1 aliphatic rings. The quantitative estimate of drug-likeness (QED) is 0.600. The Labute approximate surface area is 130 Å². The Bertz CT molecular complexity index is 546. The molecule has 0 aliphatic carbocycles. The average molecular weight is 306 g/mol. The molecule has 22 heavy (non-hydrogen) atoms. The zero-order chi connectivity index (χ0) is 16.7. The van der Waals surface area contributed by atoms with Gasteiger partial charge in [0, 0.05) is 14.2 Å². The van der Waals surface area contributed by atoms with Crippen LogP contribution in [0.1, 0.15) is 6.92 Å². The first-order chi connectivity index (χ1) is 10.5. The fourth-order valence-electron chi connectivity index (χ4n) is 2.32. The summed E-state index contributed by atoms with van der Waals surface area (Å²) in [7, 11) is 4.42. The summed E-state index contributed by atoms with van der Waals surface area (Å²) in [5.41, 5.74) is 1.50. The molecule has 0 saturated heterocycles. The zero-order valence-corrected chi connectivity index (χ0v) is 13.4. The van der Waals surface area contributed by atoms with E-state index in [9.17, 15) is 9.59 Å².